The third-order valence-electron chi connectivity index (χ3n) is 3.74. The average Bonchev–Trinajstić information content (AvgIpc) is 2.62. The van der Waals surface area contributed by atoms with Gasteiger partial charge in [0.25, 0.3) is 0 Å². The van der Waals surface area contributed by atoms with Crippen molar-refractivity contribution in [1.29, 1.82) is 0 Å². The number of benzene rings is 2. The lowest BCUT2D eigenvalue weighted by atomic mass is 10.0. The highest BCUT2D eigenvalue weighted by Gasteiger charge is 2.23. The molecule has 2 aromatic rings. The van der Waals surface area contributed by atoms with Crippen LogP contribution in [0, 0.1) is 0 Å². The summed E-state index contributed by atoms with van der Waals surface area (Å²) in [5.74, 6) is 0.908. The minimum absolute atomic E-state index is 0.110. The summed E-state index contributed by atoms with van der Waals surface area (Å²) in [7, 11) is 1.72. The summed E-state index contributed by atoms with van der Waals surface area (Å²) < 4.78 is 5.51. The number of methoxy groups -OCH3 is 1. The summed E-state index contributed by atoms with van der Waals surface area (Å²) in [5.41, 5.74) is 2.32. The maximum atomic E-state index is 5.51. The normalized spacial score (nSPS) is 19.8. The Morgan fingerprint density at radius 3 is 2.55 bits per heavy atom. The first-order valence-electron chi connectivity index (χ1n) is 7.41. The lowest BCUT2D eigenvalue weighted by Crippen LogP contribution is -2.10. The summed E-state index contributed by atoms with van der Waals surface area (Å²) in [4.78, 5) is 6.34. The third kappa shape index (κ3) is 3.09. The van der Waals surface area contributed by atoms with Gasteiger partial charge in [0.2, 0.25) is 0 Å². The second kappa shape index (κ2) is 6.84. The zero-order valence-corrected chi connectivity index (χ0v) is 13.6. The van der Waals surface area contributed by atoms with Crippen LogP contribution in [-0.4, -0.2) is 12.2 Å². The molecule has 1 aliphatic rings. The third-order valence-corrected chi connectivity index (χ3v) is 4.94. The van der Waals surface area contributed by atoms with E-state index < -0.39 is 0 Å². The Hall–Kier alpha value is -2.00. The van der Waals surface area contributed by atoms with Crippen molar-refractivity contribution in [3.05, 3.63) is 76.7 Å². The second-order valence-corrected chi connectivity index (χ2v) is 6.23. The van der Waals surface area contributed by atoms with E-state index in [0.29, 0.717) is 0 Å². The van der Waals surface area contributed by atoms with Crippen molar-refractivity contribution < 1.29 is 4.74 Å². The monoisotopic (exact) mass is 309 g/mol. The fourth-order valence-corrected chi connectivity index (χ4v) is 3.62. The molecule has 0 N–H and O–H groups in total. The lowest BCUT2D eigenvalue weighted by Gasteiger charge is -2.24. The number of para-hydroxylation sites is 1. The van der Waals surface area contributed by atoms with Gasteiger partial charge >= 0.3 is 0 Å². The summed E-state index contributed by atoms with van der Waals surface area (Å²) in [6.45, 7) is 2.09. The molecule has 112 valence electrons. The highest BCUT2D eigenvalue weighted by Crippen LogP contribution is 2.41. The maximum absolute atomic E-state index is 5.51. The zero-order valence-electron chi connectivity index (χ0n) is 12.8. The molecule has 3 rings (SSSR count). The summed E-state index contributed by atoms with van der Waals surface area (Å²) in [6, 6.07) is 18.6. The van der Waals surface area contributed by atoms with E-state index in [2.05, 4.69) is 43.3 Å². The maximum Gasteiger partial charge on any atom is 0.124 e. The number of ether oxygens (including phenoxy) is 1. The van der Waals surface area contributed by atoms with Crippen molar-refractivity contribution in [2.75, 3.05) is 7.11 Å². The van der Waals surface area contributed by atoms with Gasteiger partial charge in [-0.3, -0.25) is 4.99 Å². The Bertz CT molecular complexity index is 706. The van der Waals surface area contributed by atoms with Crippen molar-refractivity contribution in [3.8, 4) is 5.75 Å². The molecule has 0 saturated heterocycles. The molecule has 0 aromatic heterocycles. The summed E-state index contributed by atoms with van der Waals surface area (Å²) in [6.07, 6.45) is 3.11. The molecule has 1 unspecified atom stereocenters. The van der Waals surface area contributed by atoms with Gasteiger partial charge in [0.1, 0.15) is 10.8 Å². The molecule has 0 bridgehead atoms. The van der Waals surface area contributed by atoms with Gasteiger partial charge < -0.3 is 4.74 Å². The zero-order chi connectivity index (χ0) is 15.4. The van der Waals surface area contributed by atoms with Gasteiger partial charge in [-0.2, -0.15) is 0 Å². The van der Waals surface area contributed by atoms with Crippen LogP contribution in [0.4, 0.5) is 0 Å². The van der Waals surface area contributed by atoms with Gasteiger partial charge in [0, 0.05) is 17.5 Å². The summed E-state index contributed by atoms with van der Waals surface area (Å²) in [5, 5.41) is 1.08. The molecule has 1 aliphatic heterocycles. The Morgan fingerprint density at radius 2 is 1.82 bits per heavy atom. The fourth-order valence-electron chi connectivity index (χ4n) is 2.58. The van der Waals surface area contributed by atoms with Crippen LogP contribution in [0.3, 0.4) is 0 Å². The number of hydrogen-bond donors (Lipinski definition) is 0. The SMILES string of the molecule is C/C=C1\CC(c2ccccc2OC)N=C(c2ccccc2)S1. The Kier molecular flexibility index (Phi) is 4.64. The standard InChI is InChI=1S/C19H19NOS/c1-3-15-13-17(16-11-7-8-12-18(16)21-2)20-19(22-15)14-9-5-4-6-10-14/h3-12,17H,13H2,1-2H3/b15-3+. The van der Waals surface area contributed by atoms with Crippen molar-refractivity contribution in [1.82, 2.24) is 0 Å². The van der Waals surface area contributed by atoms with Crippen molar-refractivity contribution in [2.24, 2.45) is 4.99 Å². The molecule has 0 radical (unpaired) electrons. The number of thioether (sulfide) groups is 1. The van der Waals surface area contributed by atoms with Crippen LogP contribution in [-0.2, 0) is 0 Å². The van der Waals surface area contributed by atoms with Crippen molar-refractivity contribution >= 4 is 16.8 Å². The van der Waals surface area contributed by atoms with E-state index in [0.717, 1.165) is 22.8 Å². The highest BCUT2D eigenvalue weighted by atomic mass is 32.2. The molecule has 0 saturated carbocycles. The largest absolute Gasteiger partial charge is 0.496 e. The summed E-state index contributed by atoms with van der Waals surface area (Å²) >= 11 is 1.77. The van der Waals surface area contributed by atoms with E-state index in [1.807, 2.05) is 24.3 Å². The van der Waals surface area contributed by atoms with Crippen LogP contribution in [0.15, 0.2) is 70.6 Å². The van der Waals surface area contributed by atoms with Gasteiger partial charge in [0.15, 0.2) is 0 Å². The van der Waals surface area contributed by atoms with E-state index >= 15 is 0 Å². The minimum Gasteiger partial charge on any atom is -0.496 e. The lowest BCUT2D eigenvalue weighted by molar-refractivity contribution is 0.406. The molecule has 3 heteroatoms. The number of hydrogen-bond acceptors (Lipinski definition) is 3. The van der Waals surface area contributed by atoms with Crippen molar-refractivity contribution in [2.45, 2.75) is 19.4 Å². The predicted molar refractivity (Wildman–Crippen MR) is 94.7 cm³/mol. The van der Waals surface area contributed by atoms with Gasteiger partial charge in [-0.05, 0) is 17.9 Å². The number of aliphatic imine (C=N–C) groups is 1. The topological polar surface area (TPSA) is 21.6 Å². The Balaban J connectivity index is 2.03. The number of allylic oxidation sites excluding steroid dienone is 1. The molecule has 2 aromatic carbocycles. The van der Waals surface area contributed by atoms with Gasteiger partial charge in [-0.15, -0.1) is 0 Å². The molecule has 0 amide bonds. The van der Waals surface area contributed by atoms with E-state index in [4.69, 9.17) is 9.73 Å². The Labute approximate surface area is 135 Å². The fraction of sp³-hybridized carbons (Fsp3) is 0.211. The average molecular weight is 309 g/mol. The highest BCUT2D eigenvalue weighted by molar-refractivity contribution is 8.17. The van der Waals surface area contributed by atoms with Crippen LogP contribution in [0.1, 0.15) is 30.5 Å². The minimum atomic E-state index is 0.110. The molecular weight excluding hydrogens is 290 g/mol. The van der Waals surface area contributed by atoms with Crippen LogP contribution in [0.5, 0.6) is 5.75 Å². The molecule has 22 heavy (non-hydrogen) atoms. The van der Waals surface area contributed by atoms with Crippen LogP contribution in [0.2, 0.25) is 0 Å². The quantitative estimate of drug-likeness (QED) is 0.775. The first-order chi connectivity index (χ1) is 10.8. The molecule has 1 atom stereocenters. The van der Waals surface area contributed by atoms with Gasteiger partial charge in [-0.25, -0.2) is 0 Å². The molecule has 2 nitrogen and oxygen atoms in total. The van der Waals surface area contributed by atoms with Gasteiger partial charge in [-0.1, -0.05) is 66.4 Å². The second-order valence-electron chi connectivity index (χ2n) is 5.12. The van der Waals surface area contributed by atoms with Crippen LogP contribution < -0.4 is 4.74 Å². The first-order valence-corrected chi connectivity index (χ1v) is 8.22. The van der Waals surface area contributed by atoms with Crippen molar-refractivity contribution in [3.63, 3.8) is 0 Å². The predicted octanol–water partition coefficient (Wildman–Crippen LogP) is 5.22. The molecule has 0 spiro atoms. The number of nitrogens with zero attached hydrogens (tertiary/aromatic N) is 1. The van der Waals surface area contributed by atoms with Crippen LogP contribution in [0.25, 0.3) is 0 Å². The smallest absolute Gasteiger partial charge is 0.124 e. The molecule has 0 aliphatic carbocycles. The van der Waals surface area contributed by atoms with Gasteiger partial charge in [0.05, 0.1) is 13.2 Å². The molecular formula is C19H19NOS. The van der Waals surface area contributed by atoms with E-state index in [1.54, 1.807) is 18.9 Å². The van der Waals surface area contributed by atoms with E-state index in [1.165, 1.54) is 10.5 Å². The van der Waals surface area contributed by atoms with E-state index in [-0.39, 0.29) is 6.04 Å². The van der Waals surface area contributed by atoms with E-state index in [9.17, 15) is 0 Å². The molecule has 1 heterocycles. The molecule has 0 fully saturated rings. The van der Waals surface area contributed by atoms with Crippen LogP contribution >= 0.6 is 11.8 Å². The number of rotatable bonds is 3. The Morgan fingerprint density at radius 1 is 1.09 bits per heavy atom. The first kappa shape index (κ1) is 14.9.